The van der Waals surface area contributed by atoms with Gasteiger partial charge in [0.25, 0.3) is 0 Å². The zero-order chi connectivity index (χ0) is 18.1. The van der Waals surface area contributed by atoms with Gasteiger partial charge in [0.2, 0.25) is 5.79 Å². The summed E-state index contributed by atoms with van der Waals surface area (Å²) in [4.78, 5) is 2.52. The first-order valence-electron chi connectivity index (χ1n) is 9.92. The van der Waals surface area contributed by atoms with E-state index in [1.54, 1.807) is 7.11 Å². The van der Waals surface area contributed by atoms with Gasteiger partial charge in [-0.1, -0.05) is 19.9 Å². The Labute approximate surface area is 155 Å². The molecule has 0 amide bonds. The van der Waals surface area contributed by atoms with E-state index in [-0.39, 0.29) is 11.5 Å². The van der Waals surface area contributed by atoms with Crippen LogP contribution in [0, 0.1) is 5.92 Å². The average molecular weight is 359 g/mol. The Morgan fingerprint density at radius 2 is 2.04 bits per heavy atom. The number of hydrogen-bond acceptors (Lipinski definition) is 5. The lowest BCUT2D eigenvalue weighted by Crippen LogP contribution is -2.66. The molecular formula is C21H29NO4. The topological polar surface area (TPSA) is 40.2 Å². The summed E-state index contributed by atoms with van der Waals surface area (Å²) in [6, 6.07) is 4.83. The predicted octanol–water partition coefficient (Wildman–Crippen LogP) is 2.74. The van der Waals surface area contributed by atoms with Crippen molar-refractivity contribution in [3.63, 3.8) is 0 Å². The molecule has 5 heteroatoms. The van der Waals surface area contributed by atoms with Gasteiger partial charge in [0.1, 0.15) is 0 Å². The quantitative estimate of drug-likeness (QED) is 0.830. The molecule has 0 radical (unpaired) electrons. The number of piperidine rings is 1. The minimum absolute atomic E-state index is 0.0744. The molecule has 0 saturated carbocycles. The van der Waals surface area contributed by atoms with E-state index in [1.807, 2.05) is 0 Å². The highest BCUT2D eigenvalue weighted by Gasteiger charge is 2.67. The molecule has 2 bridgehead atoms. The van der Waals surface area contributed by atoms with Gasteiger partial charge in [-0.05, 0) is 44.0 Å². The number of benzene rings is 1. The predicted molar refractivity (Wildman–Crippen MR) is 97.9 cm³/mol. The van der Waals surface area contributed by atoms with Crippen molar-refractivity contribution >= 4 is 0 Å². The van der Waals surface area contributed by atoms with Crippen LogP contribution < -0.4 is 9.47 Å². The standard InChI is InChI=1S/C21H29NO4/c1-5-21(24-10-11-25-21)19-20-8-9-22(3)15(13(20)2)12-14-6-7-16(23-4)18(26-19)17(14)20/h6-7,13,15,19H,5,8-12H2,1-4H3/t13?,15-,19?,20+/m1/s1. The van der Waals surface area contributed by atoms with Crippen molar-refractivity contribution in [3.8, 4) is 11.5 Å². The Morgan fingerprint density at radius 1 is 1.27 bits per heavy atom. The van der Waals surface area contributed by atoms with Crippen LogP contribution in [0.1, 0.15) is 37.8 Å². The van der Waals surface area contributed by atoms with Crippen molar-refractivity contribution in [2.24, 2.45) is 5.92 Å². The molecule has 4 aliphatic rings. The molecule has 2 unspecified atom stereocenters. The third kappa shape index (κ3) is 1.87. The lowest BCUT2D eigenvalue weighted by molar-refractivity contribution is -0.236. The lowest BCUT2D eigenvalue weighted by Gasteiger charge is -2.56. The Morgan fingerprint density at radius 3 is 2.73 bits per heavy atom. The Balaban J connectivity index is 1.75. The lowest BCUT2D eigenvalue weighted by atomic mass is 9.55. The number of hydrogen-bond donors (Lipinski definition) is 0. The fourth-order valence-corrected chi connectivity index (χ4v) is 6.17. The third-order valence-electron chi connectivity index (χ3n) is 7.53. The van der Waals surface area contributed by atoms with Crippen LogP contribution in [-0.4, -0.2) is 56.7 Å². The Hall–Kier alpha value is -1.30. The van der Waals surface area contributed by atoms with E-state index in [1.165, 1.54) is 11.1 Å². The van der Waals surface area contributed by atoms with Crippen LogP contribution >= 0.6 is 0 Å². The van der Waals surface area contributed by atoms with Crippen molar-refractivity contribution in [1.82, 2.24) is 4.90 Å². The number of fused-ring (bicyclic) bond motifs is 1. The first-order chi connectivity index (χ1) is 12.6. The van der Waals surface area contributed by atoms with Crippen LogP contribution in [0.3, 0.4) is 0 Å². The molecule has 26 heavy (non-hydrogen) atoms. The molecule has 4 atom stereocenters. The molecule has 0 N–H and O–H groups in total. The fraction of sp³-hybridized carbons (Fsp3) is 0.714. The molecule has 0 aromatic heterocycles. The molecule has 5 rings (SSSR count). The summed E-state index contributed by atoms with van der Waals surface area (Å²) in [5, 5.41) is 0. The normalized spacial score (nSPS) is 37.3. The smallest absolute Gasteiger partial charge is 0.206 e. The first-order valence-corrected chi connectivity index (χ1v) is 9.92. The molecule has 1 aromatic rings. The molecule has 2 saturated heterocycles. The number of rotatable bonds is 3. The maximum Gasteiger partial charge on any atom is 0.206 e. The van der Waals surface area contributed by atoms with Crippen molar-refractivity contribution in [2.75, 3.05) is 33.9 Å². The SMILES string of the molecule is CCC1(C2Oc3c(OC)ccc4c3[C@@]23CCN(C)[C@H](C4)C3C)OCCO1. The van der Waals surface area contributed by atoms with E-state index >= 15 is 0 Å². The van der Waals surface area contributed by atoms with E-state index in [0.717, 1.165) is 37.3 Å². The van der Waals surface area contributed by atoms with Gasteiger partial charge >= 0.3 is 0 Å². The summed E-state index contributed by atoms with van der Waals surface area (Å²) in [7, 11) is 3.98. The van der Waals surface area contributed by atoms with E-state index in [2.05, 4.69) is 37.9 Å². The second kappa shape index (κ2) is 5.60. The third-order valence-corrected chi connectivity index (χ3v) is 7.53. The zero-order valence-corrected chi connectivity index (χ0v) is 16.2. The summed E-state index contributed by atoms with van der Waals surface area (Å²) < 4.78 is 24.9. The highest BCUT2D eigenvalue weighted by Crippen LogP contribution is 2.62. The molecule has 1 spiro atoms. The zero-order valence-electron chi connectivity index (χ0n) is 16.2. The van der Waals surface area contributed by atoms with E-state index in [4.69, 9.17) is 18.9 Å². The minimum atomic E-state index is -0.659. The Bertz CT molecular complexity index is 729. The van der Waals surface area contributed by atoms with Gasteiger partial charge in [0.15, 0.2) is 17.6 Å². The van der Waals surface area contributed by atoms with E-state index < -0.39 is 5.79 Å². The highest BCUT2D eigenvalue weighted by molar-refractivity contribution is 5.61. The van der Waals surface area contributed by atoms with Gasteiger partial charge in [-0.25, -0.2) is 0 Å². The molecular weight excluding hydrogens is 330 g/mol. The van der Waals surface area contributed by atoms with Crippen LogP contribution in [0.15, 0.2) is 12.1 Å². The van der Waals surface area contributed by atoms with Crippen molar-refractivity contribution in [3.05, 3.63) is 23.3 Å². The van der Waals surface area contributed by atoms with E-state index in [0.29, 0.717) is 25.2 Å². The van der Waals surface area contributed by atoms with Gasteiger partial charge in [0, 0.05) is 23.4 Å². The van der Waals surface area contributed by atoms with Gasteiger partial charge in [0.05, 0.1) is 20.3 Å². The number of likely N-dealkylation sites (N-methyl/N-ethyl adjacent to an activating group) is 1. The molecule has 142 valence electrons. The van der Waals surface area contributed by atoms with Gasteiger partial charge in [-0.15, -0.1) is 0 Å². The molecule has 2 fully saturated rings. The minimum Gasteiger partial charge on any atom is -0.493 e. The summed E-state index contributed by atoms with van der Waals surface area (Å²) in [6.07, 6.45) is 2.80. The maximum atomic E-state index is 6.72. The van der Waals surface area contributed by atoms with Crippen LogP contribution in [0.5, 0.6) is 11.5 Å². The maximum absolute atomic E-state index is 6.72. The number of nitrogens with zero attached hydrogens (tertiary/aromatic N) is 1. The average Bonchev–Trinajstić information content (AvgIpc) is 3.26. The monoisotopic (exact) mass is 359 g/mol. The van der Waals surface area contributed by atoms with Crippen LogP contribution in [0.2, 0.25) is 0 Å². The summed E-state index contributed by atoms with van der Waals surface area (Å²) >= 11 is 0. The second-order valence-corrected chi connectivity index (χ2v) is 8.32. The van der Waals surface area contributed by atoms with Gasteiger partial charge in [-0.3, -0.25) is 0 Å². The molecule has 1 aliphatic carbocycles. The van der Waals surface area contributed by atoms with Gasteiger partial charge in [-0.2, -0.15) is 0 Å². The highest BCUT2D eigenvalue weighted by atomic mass is 16.8. The largest absolute Gasteiger partial charge is 0.493 e. The molecule has 5 nitrogen and oxygen atoms in total. The molecule has 3 aliphatic heterocycles. The fourth-order valence-electron chi connectivity index (χ4n) is 6.17. The van der Waals surface area contributed by atoms with Crippen molar-refractivity contribution in [1.29, 1.82) is 0 Å². The summed E-state index contributed by atoms with van der Waals surface area (Å²) in [5.74, 6) is 1.58. The number of likely N-dealkylation sites (tertiary alicyclic amines) is 1. The number of methoxy groups -OCH3 is 1. The second-order valence-electron chi connectivity index (χ2n) is 8.32. The van der Waals surface area contributed by atoms with Crippen molar-refractivity contribution in [2.45, 2.75) is 56.5 Å². The number of ether oxygens (including phenoxy) is 4. The van der Waals surface area contributed by atoms with Crippen molar-refractivity contribution < 1.29 is 18.9 Å². The molecule has 1 aromatic carbocycles. The Kier molecular flexibility index (Phi) is 3.63. The summed E-state index contributed by atoms with van der Waals surface area (Å²) in [5.41, 5.74) is 2.70. The van der Waals surface area contributed by atoms with E-state index in [9.17, 15) is 0 Å². The van der Waals surface area contributed by atoms with Crippen LogP contribution in [0.25, 0.3) is 0 Å². The summed E-state index contributed by atoms with van der Waals surface area (Å²) in [6.45, 7) is 6.90. The van der Waals surface area contributed by atoms with Crippen LogP contribution in [0.4, 0.5) is 0 Å². The van der Waals surface area contributed by atoms with Crippen LogP contribution in [-0.2, 0) is 21.3 Å². The van der Waals surface area contributed by atoms with Gasteiger partial charge < -0.3 is 23.8 Å². The molecule has 3 heterocycles. The first kappa shape index (κ1) is 16.8.